The molecule has 2 saturated heterocycles. The van der Waals surface area contributed by atoms with E-state index in [0.29, 0.717) is 23.3 Å². The lowest BCUT2D eigenvalue weighted by atomic mass is 9.92. The number of aryl methyl sites for hydroxylation is 1. The Hall–Kier alpha value is -1.92. The molecule has 0 unspecified atom stereocenters. The van der Waals surface area contributed by atoms with Gasteiger partial charge in [0.05, 0.1) is 10.7 Å². The highest BCUT2D eigenvalue weighted by molar-refractivity contribution is 6.32. The van der Waals surface area contributed by atoms with Crippen LogP contribution in [0.25, 0.3) is 5.69 Å². The summed E-state index contributed by atoms with van der Waals surface area (Å²) in [6, 6.07) is 7.50. The van der Waals surface area contributed by atoms with Crippen LogP contribution in [0.3, 0.4) is 0 Å². The van der Waals surface area contributed by atoms with Crippen LogP contribution in [0.15, 0.2) is 24.3 Å². The molecule has 0 bridgehead atoms. The van der Waals surface area contributed by atoms with Crippen LogP contribution in [0.4, 0.5) is 0 Å². The van der Waals surface area contributed by atoms with E-state index >= 15 is 0 Å². The van der Waals surface area contributed by atoms with Crippen molar-refractivity contribution in [2.24, 2.45) is 11.8 Å². The topological polar surface area (TPSA) is 63.1 Å². The molecule has 7 heteroatoms. The first-order valence-corrected chi connectivity index (χ1v) is 9.76. The largest absolute Gasteiger partial charge is 0.336 e. The fraction of sp³-hybridized carbons (Fsp3) is 0.526. The second-order valence-corrected chi connectivity index (χ2v) is 7.52. The number of carbonyl (C=O) groups excluding carboxylic acids is 1. The number of amides is 1. The van der Waals surface area contributed by atoms with E-state index < -0.39 is 0 Å². The first kappa shape index (κ1) is 17.5. The van der Waals surface area contributed by atoms with Gasteiger partial charge < -0.3 is 10.2 Å². The van der Waals surface area contributed by atoms with E-state index in [2.05, 4.69) is 15.4 Å². The Bertz CT molecular complexity index is 791. The zero-order chi connectivity index (χ0) is 18.1. The molecule has 2 fully saturated rings. The Labute approximate surface area is 158 Å². The van der Waals surface area contributed by atoms with Gasteiger partial charge in [-0.25, -0.2) is 9.67 Å². The summed E-state index contributed by atoms with van der Waals surface area (Å²) in [6.07, 6.45) is 2.78. The number of halogens is 1. The van der Waals surface area contributed by atoms with E-state index in [4.69, 9.17) is 11.6 Å². The highest BCUT2D eigenvalue weighted by Gasteiger charge is 2.32. The molecule has 1 aromatic carbocycles. The molecule has 2 aliphatic heterocycles. The summed E-state index contributed by atoms with van der Waals surface area (Å²) in [5.74, 6) is 2.32. The number of hydrogen-bond acceptors (Lipinski definition) is 4. The van der Waals surface area contributed by atoms with Gasteiger partial charge in [0.2, 0.25) is 5.82 Å². The molecule has 6 nitrogen and oxygen atoms in total. The molecule has 0 spiro atoms. The van der Waals surface area contributed by atoms with Gasteiger partial charge in [0.15, 0.2) is 0 Å². The zero-order valence-electron chi connectivity index (χ0n) is 15.0. The molecule has 0 saturated carbocycles. The minimum atomic E-state index is -0.0709. The van der Waals surface area contributed by atoms with Gasteiger partial charge >= 0.3 is 0 Å². The maximum absolute atomic E-state index is 13.0. The molecule has 2 aliphatic rings. The number of nitrogens with one attached hydrogen (secondary N) is 1. The van der Waals surface area contributed by atoms with E-state index in [9.17, 15) is 4.79 Å². The molecule has 0 radical (unpaired) electrons. The normalized spacial score (nSPS) is 22.9. The molecule has 3 heterocycles. The van der Waals surface area contributed by atoms with Crippen molar-refractivity contribution in [1.29, 1.82) is 0 Å². The van der Waals surface area contributed by atoms with E-state index in [1.807, 2.05) is 36.1 Å². The van der Waals surface area contributed by atoms with Crippen molar-refractivity contribution in [3.05, 3.63) is 40.9 Å². The zero-order valence-corrected chi connectivity index (χ0v) is 15.7. The van der Waals surface area contributed by atoms with Gasteiger partial charge in [-0.2, -0.15) is 0 Å². The molecule has 26 heavy (non-hydrogen) atoms. The minimum absolute atomic E-state index is 0.0709. The van der Waals surface area contributed by atoms with Crippen LogP contribution in [0.2, 0.25) is 5.02 Å². The molecule has 2 aromatic rings. The van der Waals surface area contributed by atoms with Crippen LogP contribution in [0.1, 0.15) is 36.2 Å². The van der Waals surface area contributed by atoms with Gasteiger partial charge in [-0.05, 0) is 49.9 Å². The van der Waals surface area contributed by atoms with Gasteiger partial charge in [-0.15, -0.1) is 5.10 Å². The van der Waals surface area contributed by atoms with E-state index in [-0.39, 0.29) is 11.7 Å². The molecule has 1 amide bonds. The van der Waals surface area contributed by atoms with Crippen molar-refractivity contribution in [3.63, 3.8) is 0 Å². The number of rotatable bonds is 3. The molecule has 0 aliphatic carbocycles. The average molecular weight is 374 g/mol. The summed E-state index contributed by atoms with van der Waals surface area (Å²) in [6.45, 7) is 5.72. The molecule has 1 N–H and O–H groups in total. The minimum Gasteiger partial charge on any atom is -0.336 e. The maximum Gasteiger partial charge on any atom is 0.293 e. The SMILES string of the molecule is CCc1nc(C(=O)N2CC[C@@H]3CNC[C@@H]3CC2)nn1-c1ccccc1Cl. The lowest BCUT2D eigenvalue weighted by Crippen LogP contribution is -2.33. The lowest BCUT2D eigenvalue weighted by molar-refractivity contribution is 0.0746. The fourth-order valence-corrected chi connectivity index (χ4v) is 4.26. The van der Waals surface area contributed by atoms with Crippen LogP contribution in [-0.2, 0) is 6.42 Å². The Balaban J connectivity index is 1.58. The summed E-state index contributed by atoms with van der Waals surface area (Å²) in [5.41, 5.74) is 0.758. The van der Waals surface area contributed by atoms with Crippen LogP contribution >= 0.6 is 11.6 Å². The first-order chi connectivity index (χ1) is 12.7. The Morgan fingerprint density at radius 3 is 2.58 bits per heavy atom. The highest BCUT2D eigenvalue weighted by atomic mass is 35.5. The highest BCUT2D eigenvalue weighted by Crippen LogP contribution is 2.28. The molecule has 4 rings (SSSR count). The van der Waals surface area contributed by atoms with Crippen molar-refractivity contribution < 1.29 is 4.79 Å². The second-order valence-electron chi connectivity index (χ2n) is 7.12. The van der Waals surface area contributed by atoms with Crippen LogP contribution < -0.4 is 5.32 Å². The van der Waals surface area contributed by atoms with E-state index in [0.717, 1.165) is 50.5 Å². The van der Waals surface area contributed by atoms with Gasteiger partial charge in [0.1, 0.15) is 5.82 Å². The third-order valence-electron chi connectivity index (χ3n) is 5.57. The van der Waals surface area contributed by atoms with Crippen molar-refractivity contribution in [2.75, 3.05) is 26.2 Å². The van der Waals surface area contributed by atoms with E-state index in [1.165, 1.54) is 0 Å². The number of nitrogens with zero attached hydrogens (tertiary/aromatic N) is 4. The number of likely N-dealkylation sites (tertiary alicyclic amines) is 1. The summed E-state index contributed by atoms with van der Waals surface area (Å²) >= 11 is 6.31. The van der Waals surface area contributed by atoms with Crippen LogP contribution in [0, 0.1) is 11.8 Å². The summed E-state index contributed by atoms with van der Waals surface area (Å²) < 4.78 is 1.70. The molecule has 2 atom stereocenters. The number of benzene rings is 1. The first-order valence-electron chi connectivity index (χ1n) is 9.38. The summed E-state index contributed by atoms with van der Waals surface area (Å²) in [5, 5.41) is 8.57. The van der Waals surface area contributed by atoms with Crippen LogP contribution in [0.5, 0.6) is 0 Å². The quantitative estimate of drug-likeness (QED) is 0.898. The molecule has 138 valence electrons. The smallest absolute Gasteiger partial charge is 0.293 e. The van der Waals surface area contributed by atoms with Gasteiger partial charge in [0.25, 0.3) is 5.91 Å². The molecular weight excluding hydrogens is 350 g/mol. The predicted octanol–water partition coefficient (Wildman–Crippen LogP) is 2.55. The van der Waals surface area contributed by atoms with Gasteiger partial charge in [-0.1, -0.05) is 30.7 Å². The Kier molecular flexibility index (Phi) is 4.96. The van der Waals surface area contributed by atoms with Gasteiger partial charge in [0, 0.05) is 19.5 Å². The summed E-state index contributed by atoms with van der Waals surface area (Å²) in [4.78, 5) is 19.4. The Morgan fingerprint density at radius 1 is 1.23 bits per heavy atom. The average Bonchev–Trinajstić information content (AvgIpc) is 3.24. The number of aromatic nitrogens is 3. The van der Waals surface area contributed by atoms with Crippen molar-refractivity contribution in [1.82, 2.24) is 25.0 Å². The fourth-order valence-electron chi connectivity index (χ4n) is 4.04. The third kappa shape index (κ3) is 3.23. The monoisotopic (exact) mass is 373 g/mol. The number of para-hydroxylation sites is 1. The van der Waals surface area contributed by atoms with Crippen molar-refractivity contribution >= 4 is 17.5 Å². The van der Waals surface area contributed by atoms with Crippen molar-refractivity contribution in [2.45, 2.75) is 26.2 Å². The second kappa shape index (κ2) is 7.37. The predicted molar refractivity (Wildman–Crippen MR) is 101 cm³/mol. The third-order valence-corrected chi connectivity index (χ3v) is 5.89. The molecule has 1 aromatic heterocycles. The molecular formula is C19H24ClN5O. The lowest BCUT2D eigenvalue weighted by Gasteiger charge is -2.19. The van der Waals surface area contributed by atoms with Crippen molar-refractivity contribution in [3.8, 4) is 5.69 Å². The summed E-state index contributed by atoms with van der Waals surface area (Å²) in [7, 11) is 0. The number of fused-ring (bicyclic) bond motifs is 1. The Morgan fingerprint density at radius 2 is 1.92 bits per heavy atom. The van der Waals surface area contributed by atoms with Gasteiger partial charge in [-0.3, -0.25) is 4.79 Å². The van der Waals surface area contributed by atoms with E-state index in [1.54, 1.807) is 4.68 Å². The standard InChI is InChI=1S/C19H24ClN5O/c1-2-17-22-18(23-25(17)16-6-4-3-5-15(16)20)19(26)24-9-7-13-11-21-12-14(13)8-10-24/h3-6,13-14,21H,2,7-12H2,1H3/t13-,14+. The number of carbonyl (C=O) groups is 1. The number of hydrogen-bond donors (Lipinski definition) is 1. The maximum atomic E-state index is 13.0. The van der Waals surface area contributed by atoms with Crippen LogP contribution in [-0.4, -0.2) is 51.8 Å².